The first-order chi connectivity index (χ1) is 13.4. The molecule has 0 bridgehead atoms. The third-order valence-electron chi connectivity index (χ3n) is 5.80. The average molecular weight is 402 g/mol. The van der Waals surface area contributed by atoms with Gasteiger partial charge in [0.25, 0.3) is 5.91 Å². The lowest BCUT2D eigenvalue weighted by Gasteiger charge is -2.51. The van der Waals surface area contributed by atoms with Gasteiger partial charge in [-0.05, 0) is 29.8 Å². The summed E-state index contributed by atoms with van der Waals surface area (Å²) in [5.74, 6) is -0.564. The van der Waals surface area contributed by atoms with Gasteiger partial charge < -0.3 is 15.1 Å². The predicted molar refractivity (Wildman–Crippen MR) is 106 cm³/mol. The van der Waals surface area contributed by atoms with E-state index in [0.29, 0.717) is 42.2 Å². The van der Waals surface area contributed by atoms with Crippen LogP contribution in [0.3, 0.4) is 0 Å². The van der Waals surface area contributed by atoms with E-state index >= 15 is 0 Å². The highest BCUT2D eigenvalue weighted by atomic mass is 35.5. The topological polar surface area (TPSA) is 52.7 Å². The van der Waals surface area contributed by atoms with E-state index in [2.05, 4.69) is 5.32 Å². The van der Waals surface area contributed by atoms with Crippen LogP contribution in [-0.2, 0) is 11.2 Å². The van der Waals surface area contributed by atoms with Crippen LogP contribution in [0.1, 0.15) is 28.8 Å². The van der Waals surface area contributed by atoms with E-state index in [4.69, 9.17) is 11.6 Å². The Balaban J connectivity index is 1.48. The Labute approximate surface area is 168 Å². The summed E-state index contributed by atoms with van der Waals surface area (Å²) in [6.07, 6.45) is 1.39. The zero-order valence-electron chi connectivity index (χ0n) is 15.5. The maximum Gasteiger partial charge on any atom is 0.255 e. The number of nitrogens with zero attached hydrogens (tertiary/aromatic N) is 2. The lowest BCUT2D eigenvalue weighted by atomic mass is 9.90. The van der Waals surface area contributed by atoms with E-state index in [0.717, 1.165) is 5.56 Å². The average Bonchev–Trinajstić information content (AvgIpc) is 2.68. The Hall–Kier alpha value is -2.60. The molecule has 1 fully saturated rings. The van der Waals surface area contributed by atoms with Gasteiger partial charge in [0.15, 0.2) is 0 Å². The second kappa shape index (κ2) is 7.09. The van der Waals surface area contributed by atoms with Crippen molar-refractivity contribution in [1.82, 2.24) is 10.2 Å². The number of piperidine rings is 1. The molecule has 0 aromatic heterocycles. The van der Waals surface area contributed by atoms with E-state index in [9.17, 15) is 14.0 Å². The molecule has 0 atom stereocenters. The van der Waals surface area contributed by atoms with Gasteiger partial charge >= 0.3 is 0 Å². The molecule has 4 rings (SSSR count). The number of amides is 2. The second-order valence-electron chi connectivity index (χ2n) is 7.36. The molecule has 0 unspecified atom stereocenters. The normalized spacial score (nSPS) is 18.0. The van der Waals surface area contributed by atoms with Crippen LogP contribution in [-0.4, -0.2) is 42.5 Å². The number of halogens is 2. The minimum atomic E-state index is -0.612. The van der Waals surface area contributed by atoms with Crippen LogP contribution < -0.4 is 10.2 Å². The number of fused-ring (bicyclic) bond motifs is 1. The van der Waals surface area contributed by atoms with E-state index in [-0.39, 0.29) is 24.1 Å². The van der Waals surface area contributed by atoms with Gasteiger partial charge in [0.2, 0.25) is 5.91 Å². The van der Waals surface area contributed by atoms with Gasteiger partial charge in [-0.1, -0.05) is 29.8 Å². The summed E-state index contributed by atoms with van der Waals surface area (Å²) >= 11 is 6.16. The van der Waals surface area contributed by atoms with Crippen molar-refractivity contribution in [3.8, 4) is 0 Å². The highest BCUT2D eigenvalue weighted by Gasteiger charge is 2.44. The van der Waals surface area contributed by atoms with Crippen LogP contribution >= 0.6 is 11.6 Å². The Kier molecular flexibility index (Phi) is 4.75. The van der Waals surface area contributed by atoms with Gasteiger partial charge in [0.05, 0.1) is 17.7 Å². The molecule has 2 heterocycles. The van der Waals surface area contributed by atoms with Crippen molar-refractivity contribution in [3.63, 3.8) is 0 Å². The van der Waals surface area contributed by atoms with Gasteiger partial charge in [-0.2, -0.15) is 0 Å². The minimum absolute atomic E-state index is 0.0131. The fraction of sp³-hybridized carbons (Fsp3) is 0.333. The number of hydrogen-bond acceptors (Lipinski definition) is 3. The van der Waals surface area contributed by atoms with Crippen molar-refractivity contribution in [2.75, 3.05) is 25.0 Å². The SMILES string of the molecule is CN1c2cc(F)ccc2C(=O)NC12CCN(C(=O)Cc1ccccc1Cl)CC2. The molecule has 2 aliphatic rings. The first-order valence-electron chi connectivity index (χ1n) is 9.27. The molecule has 1 N–H and O–H groups in total. The molecule has 1 spiro atoms. The summed E-state index contributed by atoms with van der Waals surface area (Å²) in [4.78, 5) is 29.0. The Morgan fingerprint density at radius 3 is 2.64 bits per heavy atom. The number of likely N-dealkylation sites (tertiary alicyclic amines) is 1. The molecule has 2 aromatic rings. The summed E-state index contributed by atoms with van der Waals surface area (Å²) in [6.45, 7) is 1.02. The van der Waals surface area contributed by atoms with E-state index in [1.807, 2.05) is 30.1 Å². The molecule has 0 aliphatic carbocycles. The number of nitrogens with one attached hydrogen (secondary N) is 1. The Morgan fingerprint density at radius 1 is 1.21 bits per heavy atom. The lowest BCUT2D eigenvalue weighted by molar-refractivity contribution is -0.132. The number of hydrogen-bond donors (Lipinski definition) is 1. The summed E-state index contributed by atoms with van der Waals surface area (Å²) in [7, 11) is 1.86. The third kappa shape index (κ3) is 3.22. The molecule has 1 saturated heterocycles. The molecule has 28 heavy (non-hydrogen) atoms. The number of rotatable bonds is 2. The van der Waals surface area contributed by atoms with E-state index in [1.165, 1.54) is 18.2 Å². The van der Waals surface area contributed by atoms with Crippen molar-refractivity contribution in [1.29, 1.82) is 0 Å². The quantitative estimate of drug-likeness (QED) is 0.840. The van der Waals surface area contributed by atoms with Crippen molar-refractivity contribution in [2.24, 2.45) is 0 Å². The zero-order valence-corrected chi connectivity index (χ0v) is 16.3. The van der Waals surface area contributed by atoms with E-state index < -0.39 is 5.66 Å². The monoisotopic (exact) mass is 401 g/mol. The van der Waals surface area contributed by atoms with Crippen LogP contribution in [0.2, 0.25) is 5.02 Å². The van der Waals surface area contributed by atoms with Gasteiger partial charge in [0, 0.05) is 38.0 Å². The van der Waals surface area contributed by atoms with E-state index in [1.54, 1.807) is 11.0 Å². The molecule has 2 aromatic carbocycles. The number of carbonyl (C=O) groups is 2. The van der Waals surface area contributed by atoms with Gasteiger partial charge in [-0.25, -0.2) is 4.39 Å². The van der Waals surface area contributed by atoms with Crippen LogP contribution in [0.4, 0.5) is 10.1 Å². The summed E-state index contributed by atoms with van der Waals surface area (Å²) in [5, 5.41) is 3.67. The van der Waals surface area contributed by atoms with Crippen LogP contribution in [0, 0.1) is 5.82 Å². The molecule has 2 aliphatic heterocycles. The molecule has 2 amide bonds. The number of benzene rings is 2. The summed E-state index contributed by atoms with van der Waals surface area (Å²) < 4.78 is 13.7. The molecule has 146 valence electrons. The molecule has 0 radical (unpaired) electrons. The fourth-order valence-corrected chi connectivity index (χ4v) is 4.27. The first kappa shape index (κ1) is 18.7. The molecule has 7 heteroatoms. The fourth-order valence-electron chi connectivity index (χ4n) is 4.07. The molecule has 5 nitrogen and oxygen atoms in total. The molecular formula is C21H21ClFN3O2. The highest BCUT2D eigenvalue weighted by Crippen LogP contribution is 2.36. The van der Waals surface area contributed by atoms with Crippen molar-refractivity contribution < 1.29 is 14.0 Å². The summed E-state index contributed by atoms with van der Waals surface area (Å²) in [6, 6.07) is 11.5. The Morgan fingerprint density at radius 2 is 1.93 bits per heavy atom. The van der Waals surface area contributed by atoms with Crippen molar-refractivity contribution in [3.05, 3.63) is 64.4 Å². The van der Waals surface area contributed by atoms with Gasteiger partial charge in [-0.3, -0.25) is 9.59 Å². The number of carbonyl (C=O) groups excluding carboxylic acids is 2. The highest BCUT2D eigenvalue weighted by molar-refractivity contribution is 6.31. The lowest BCUT2D eigenvalue weighted by Crippen LogP contribution is -2.67. The summed E-state index contributed by atoms with van der Waals surface area (Å²) in [5.41, 5.74) is 1.24. The van der Waals surface area contributed by atoms with Crippen molar-refractivity contribution >= 4 is 29.1 Å². The van der Waals surface area contributed by atoms with Gasteiger partial charge in [-0.15, -0.1) is 0 Å². The standard InChI is InChI=1S/C21H21ClFN3O2/c1-25-18-13-15(23)6-7-16(18)20(28)24-21(25)8-10-26(11-9-21)19(27)12-14-4-2-3-5-17(14)22/h2-7,13H,8-12H2,1H3,(H,24,28). The predicted octanol–water partition coefficient (Wildman–Crippen LogP) is 3.22. The molecule has 0 saturated carbocycles. The smallest absolute Gasteiger partial charge is 0.255 e. The zero-order chi connectivity index (χ0) is 19.9. The largest absolute Gasteiger partial charge is 0.351 e. The van der Waals surface area contributed by atoms with Crippen LogP contribution in [0.25, 0.3) is 0 Å². The van der Waals surface area contributed by atoms with Crippen molar-refractivity contribution in [2.45, 2.75) is 24.9 Å². The number of anilines is 1. The van der Waals surface area contributed by atoms with Gasteiger partial charge in [0.1, 0.15) is 11.5 Å². The Bertz CT molecular complexity index is 941. The maximum absolute atomic E-state index is 13.7. The third-order valence-corrected chi connectivity index (χ3v) is 6.17. The maximum atomic E-state index is 13.7. The second-order valence-corrected chi connectivity index (χ2v) is 7.76. The minimum Gasteiger partial charge on any atom is -0.351 e. The molecular weight excluding hydrogens is 381 g/mol. The van der Waals surface area contributed by atoms with Crippen LogP contribution in [0.15, 0.2) is 42.5 Å². The van der Waals surface area contributed by atoms with Crippen LogP contribution in [0.5, 0.6) is 0 Å². The first-order valence-corrected chi connectivity index (χ1v) is 9.64.